The molecule has 0 aliphatic carbocycles. The van der Waals surface area contributed by atoms with Gasteiger partial charge >= 0.3 is 0 Å². The Morgan fingerprint density at radius 1 is 1.39 bits per heavy atom. The van der Waals surface area contributed by atoms with E-state index < -0.39 is 10.0 Å². The quantitative estimate of drug-likeness (QED) is 0.822. The summed E-state index contributed by atoms with van der Waals surface area (Å²) in [6, 6.07) is 3.22. The molecule has 0 heterocycles. The van der Waals surface area contributed by atoms with E-state index in [4.69, 9.17) is 27.9 Å². The number of rotatable bonds is 6. The molecule has 7 heteroatoms. The minimum atomic E-state index is -3.42. The summed E-state index contributed by atoms with van der Waals surface area (Å²) in [6.07, 6.45) is 0.395. The van der Waals surface area contributed by atoms with E-state index >= 15 is 0 Å². The van der Waals surface area contributed by atoms with Gasteiger partial charge in [-0.25, -0.2) is 8.42 Å². The fraction of sp³-hybridized carbons (Fsp3) is 0.455. The predicted octanol–water partition coefficient (Wildman–Crippen LogP) is 3.03. The van der Waals surface area contributed by atoms with Crippen LogP contribution in [0.25, 0.3) is 0 Å². The van der Waals surface area contributed by atoms with Crippen LogP contribution in [0.5, 0.6) is 5.75 Å². The summed E-state index contributed by atoms with van der Waals surface area (Å²) in [4.78, 5) is 0. The van der Waals surface area contributed by atoms with Gasteiger partial charge in [-0.3, -0.25) is 4.72 Å². The Labute approximate surface area is 117 Å². The molecule has 1 N–H and O–H groups in total. The Morgan fingerprint density at radius 3 is 2.61 bits per heavy atom. The van der Waals surface area contributed by atoms with E-state index in [2.05, 4.69) is 4.72 Å². The first kappa shape index (κ1) is 15.4. The van der Waals surface area contributed by atoms with Gasteiger partial charge in [0.05, 0.1) is 18.6 Å². The van der Waals surface area contributed by atoms with Crippen molar-refractivity contribution in [3.63, 3.8) is 0 Å². The molecule has 102 valence electrons. The van der Waals surface area contributed by atoms with Crippen LogP contribution in [0.15, 0.2) is 12.1 Å². The van der Waals surface area contributed by atoms with Gasteiger partial charge in [-0.2, -0.15) is 0 Å². The maximum Gasteiger partial charge on any atom is 0.232 e. The van der Waals surface area contributed by atoms with E-state index in [0.717, 1.165) is 5.56 Å². The lowest BCUT2D eigenvalue weighted by molar-refractivity contribution is 0.417. The van der Waals surface area contributed by atoms with Crippen LogP contribution in [0.1, 0.15) is 12.0 Å². The first-order valence-electron chi connectivity index (χ1n) is 5.30. The van der Waals surface area contributed by atoms with Crippen LogP contribution in [-0.2, 0) is 10.0 Å². The molecule has 0 saturated heterocycles. The van der Waals surface area contributed by atoms with E-state index in [9.17, 15) is 8.42 Å². The average molecular weight is 312 g/mol. The van der Waals surface area contributed by atoms with E-state index in [1.807, 2.05) is 0 Å². The van der Waals surface area contributed by atoms with Gasteiger partial charge in [-0.05, 0) is 25.0 Å². The maximum absolute atomic E-state index is 11.8. The molecule has 1 aromatic rings. The molecule has 1 rings (SSSR count). The first-order chi connectivity index (χ1) is 8.39. The minimum Gasteiger partial charge on any atom is -0.495 e. The van der Waals surface area contributed by atoms with Crippen LogP contribution in [-0.4, -0.2) is 27.2 Å². The van der Waals surface area contributed by atoms with Gasteiger partial charge in [0.25, 0.3) is 0 Å². The maximum atomic E-state index is 11.8. The van der Waals surface area contributed by atoms with Crippen molar-refractivity contribution in [3.05, 3.63) is 22.7 Å². The lowest BCUT2D eigenvalue weighted by atomic mass is 10.2. The monoisotopic (exact) mass is 311 g/mol. The van der Waals surface area contributed by atoms with Crippen molar-refractivity contribution in [2.45, 2.75) is 13.3 Å². The highest BCUT2D eigenvalue weighted by Crippen LogP contribution is 2.31. The highest BCUT2D eigenvalue weighted by molar-refractivity contribution is 7.92. The summed E-state index contributed by atoms with van der Waals surface area (Å²) in [5, 5.41) is 0.524. The van der Waals surface area contributed by atoms with E-state index in [0.29, 0.717) is 28.8 Å². The Bertz CT molecular complexity index is 517. The van der Waals surface area contributed by atoms with Crippen LogP contribution in [0, 0.1) is 6.92 Å². The van der Waals surface area contributed by atoms with Gasteiger partial charge in [0.15, 0.2) is 0 Å². The Balaban J connectivity index is 3.00. The van der Waals surface area contributed by atoms with Crippen molar-refractivity contribution in [1.29, 1.82) is 0 Å². The Morgan fingerprint density at radius 2 is 2.06 bits per heavy atom. The summed E-state index contributed by atoms with van der Waals surface area (Å²) < 4.78 is 31.1. The number of alkyl halides is 1. The zero-order valence-electron chi connectivity index (χ0n) is 10.2. The average Bonchev–Trinajstić information content (AvgIpc) is 2.30. The van der Waals surface area contributed by atoms with Crippen LogP contribution < -0.4 is 9.46 Å². The van der Waals surface area contributed by atoms with Crippen LogP contribution in [0.3, 0.4) is 0 Å². The lowest BCUT2D eigenvalue weighted by Crippen LogP contribution is -2.17. The molecule has 0 bridgehead atoms. The Kier molecular flexibility index (Phi) is 5.56. The number of sulfonamides is 1. The molecule has 0 aromatic heterocycles. The van der Waals surface area contributed by atoms with E-state index in [1.165, 1.54) is 7.11 Å². The van der Waals surface area contributed by atoms with E-state index in [1.54, 1.807) is 19.1 Å². The third kappa shape index (κ3) is 4.23. The second-order valence-corrected chi connectivity index (χ2v) is 6.39. The second-order valence-electron chi connectivity index (χ2n) is 3.77. The van der Waals surface area contributed by atoms with Crippen molar-refractivity contribution < 1.29 is 13.2 Å². The zero-order chi connectivity index (χ0) is 13.8. The van der Waals surface area contributed by atoms with Crippen molar-refractivity contribution in [1.82, 2.24) is 0 Å². The molecule has 0 fully saturated rings. The first-order valence-corrected chi connectivity index (χ1v) is 7.86. The van der Waals surface area contributed by atoms with Crippen molar-refractivity contribution >= 4 is 38.9 Å². The molecular formula is C11H15Cl2NO3S. The number of nitrogens with one attached hydrogen (secondary N) is 1. The molecule has 0 radical (unpaired) electrons. The second kappa shape index (κ2) is 6.50. The highest BCUT2D eigenvalue weighted by atomic mass is 35.5. The molecule has 0 aliphatic rings. The van der Waals surface area contributed by atoms with Crippen molar-refractivity contribution in [3.8, 4) is 5.75 Å². The molecule has 0 unspecified atom stereocenters. The predicted molar refractivity (Wildman–Crippen MR) is 75.5 cm³/mol. The Hall–Kier alpha value is -0.650. The molecule has 0 spiro atoms. The third-order valence-corrected chi connectivity index (χ3v) is 4.32. The summed E-state index contributed by atoms with van der Waals surface area (Å²) in [7, 11) is -1.96. The van der Waals surface area contributed by atoms with Gasteiger partial charge < -0.3 is 4.74 Å². The van der Waals surface area contributed by atoms with Gasteiger partial charge in [0.2, 0.25) is 10.0 Å². The standard InChI is InChI=1S/C11H15Cl2NO3S/c1-8-6-10(11(17-2)7-9(8)13)14-18(15,16)5-3-4-12/h6-7,14H,3-5H2,1-2H3. The van der Waals surface area contributed by atoms with Gasteiger partial charge in [-0.1, -0.05) is 11.6 Å². The normalized spacial score (nSPS) is 11.3. The number of hydrogen-bond donors (Lipinski definition) is 1. The lowest BCUT2D eigenvalue weighted by Gasteiger charge is -2.13. The number of hydrogen-bond acceptors (Lipinski definition) is 3. The molecule has 18 heavy (non-hydrogen) atoms. The zero-order valence-corrected chi connectivity index (χ0v) is 12.5. The summed E-state index contributed by atoms with van der Waals surface area (Å²) in [6.45, 7) is 1.79. The highest BCUT2D eigenvalue weighted by Gasteiger charge is 2.14. The molecule has 0 amide bonds. The van der Waals surface area contributed by atoms with E-state index in [-0.39, 0.29) is 5.75 Å². The minimum absolute atomic E-state index is 0.0265. The summed E-state index contributed by atoms with van der Waals surface area (Å²) in [5.41, 5.74) is 1.15. The van der Waals surface area contributed by atoms with Gasteiger partial charge in [0.1, 0.15) is 5.75 Å². The largest absolute Gasteiger partial charge is 0.495 e. The number of ether oxygens (including phenoxy) is 1. The summed E-state index contributed by atoms with van der Waals surface area (Å²) >= 11 is 11.4. The van der Waals surface area contributed by atoms with Crippen molar-refractivity contribution in [2.75, 3.05) is 23.5 Å². The number of halogens is 2. The number of aryl methyl sites for hydroxylation is 1. The molecule has 4 nitrogen and oxygen atoms in total. The SMILES string of the molecule is COc1cc(Cl)c(C)cc1NS(=O)(=O)CCCCl. The molecule has 0 aliphatic heterocycles. The van der Waals surface area contributed by atoms with Crippen LogP contribution in [0.4, 0.5) is 5.69 Å². The topological polar surface area (TPSA) is 55.4 Å². The fourth-order valence-electron chi connectivity index (χ4n) is 1.38. The molecule has 0 atom stereocenters. The van der Waals surface area contributed by atoms with Crippen LogP contribution >= 0.6 is 23.2 Å². The van der Waals surface area contributed by atoms with Gasteiger partial charge in [0, 0.05) is 17.0 Å². The molecular weight excluding hydrogens is 297 g/mol. The van der Waals surface area contributed by atoms with Crippen molar-refractivity contribution in [2.24, 2.45) is 0 Å². The number of anilines is 1. The third-order valence-electron chi connectivity index (χ3n) is 2.29. The number of methoxy groups -OCH3 is 1. The molecule has 1 aromatic carbocycles. The van der Waals surface area contributed by atoms with Crippen LogP contribution in [0.2, 0.25) is 5.02 Å². The number of benzene rings is 1. The smallest absolute Gasteiger partial charge is 0.232 e. The van der Waals surface area contributed by atoms with Gasteiger partial charge in [-0.15, -0.1) is 11.6 Å². The molecule has 0 saturated carbocycles. The fourth-order valence-corrected chi connectivity index (χ4v) is 2.94. The summed E-state index contributed by atoms with van der Waals surface area (Å²) in [5.74, 6) is 0.666.